The number of alkyl halides is 3. The first-order valence-electron chi connectivity index (χ1n) is 17.9. The topological polar surface area (TPSA) is 140 Å². The number of amides is 3. The minimum Gasteiger partial charge on any atom is -0.405 e. The number of aromatic nitrogens is 1. The van der Waals surface area contributed by atoms with E-state index in [1.54, 1.807) is 30.3 Å². The molecule has 2 atom stereocenters. The molecule has 0 spiro atoms. The maximum atomic E-state index is 13.5. The number of sulfonamides is 1. The lowest BCUT2D eigenvalue weighted by Gasteiger charge is -2.38. The summed E-state index contributed by atoms with van der Waals surface area (Å²) in [6, 6.07) is 17.7. The van der Waals surface area contributed by atoms with Gasteiger partial charge in [0.2, 0.25) is 0 Å². The predicted molar refractivity (Wildman–Crippen MR) is 192 cm³/mol. The van der Waals surface area contributed by atoms with Crippen LogP contribution >= 0.6 is 0 Å². The molecule has 3 amide bonds. The maximum absolute atomic E-state index is 13.5. The van der Waals surface area contributed by atoms with Crippen LogP contribution < -0.4 is 14.8 Å². The molecule has 2 bridgehead atoms. The van der Waals surface area contributed by atoms with Gasteiger partial charge < -0.3 is 24.2 Å². The second-order valence-electron chi connectivity index (χ2n) is 15.1. The number of nitrogens with zero attached hydrogens (tertiary/aromatic N) is 2. The van der Waals surface area contributed by atoms with E-state index in [2.05, 4.69) is 19.9 Å². The van der Waals surface area contributed by atoms with Gasteiger partial charge in [-0.1, -0.05) is 50.2 Å². The Bertz CT molecular complexity index is 2110. The predicted octanol–water partition coefficient (Wildman–Crippen LogP) is 8.28. The van der Waals surface area contributed by atoms with Crippen molar-refractivity contribution < 1.29 is 45.2 Å². The first kappa shape index (κ1) is 37.4. The van der Waals surface area contributed by atoms with E-state index in [-0.39, 0.29) is 69.6 Å². The highest BCUT2D eigenvalue weighted by Crippen LogP contribution is 2.46. The molecule has 1 aliphatic carbocycles. The summed E-state index contributed by atoms with van der Waals surface area (Å²) in [6.45, 7) is 6.14. The molecular formula is C39H41F3N4O7S. The molecule has 2 aliphatic heterocycles. The molecule has 54 heavy (non-hydrogen) atoms. The third kappa shape index (κ3) is 8.26. The van der Waals surface area contributed by atoms with Crippen LogP contribution in [0.2, 0.25) is 0 Å². The molecule has 4 aromatic rings. The lowest BCUT2D eigenvalue weighted by Crippen LogP contribution is -2.50. The van der Waals surface area contributed by atoms with E-state index >= 15 is 0 Å². The van der Waals surface area contributed by atoms with Gasteiger partial charge in [0, 0.05) is 40.4 Å². The minimum atomic E-state index is -4.87. The van der Waals surface area contributed by atoms with Crippen molar-refractivity contribution in [2.45, 2.75) is 107 Å². The molecule has 3 aromatic carbocycles. The highest BCUT2D eigenvalue weighted by atomic mass is 32.2. The second kappa shape index (κ2) is 14.4. The number of halogens is 3. The number of carbonyl (C=O) groups is 2. The summed E-state index contributed by atoms with van der Waals surface area (Å²) in [5.41, 5.74) is 2.38. The van der Waals surface area contributed by atoms with E-state index in [1.165, 1.54) is 42.5 Å². The van der Waals surface area contributed by atoms with E-state index in [1.807, 2.05) is 25.7 Å². The van der Waals surface area contributed by atoms with E-state index in [0.29, 0.717) is 29.9 Å². The smallest absolute Gasteiger partial charge is 0.405 e. The summed E-state index contributed by atoms with van der Waals surface area (Å²) in [6.07, 6.45) is -0.561. The average molecular weight is 767 g/mol. The number of hydrogen-bond donors (Lipinski definition) is 2. The third-order valence-corrected chi connectivity index (χ3v) is 11.5. The Hall–Kier alpha value is -4.89. The fourth-order valence-corrected chi connectivity index (χ4v) is 8.25. The molecule has 7 rings (SSSR count). The van der Waals surface area contributed by atoms with Crippen molar-refractivity contribution in [2.24, 2.45) is 0 Å². The van der Waals surface area contributed by atoms with Crippen LogP contribution in [-0.2, 0) is 26.8 Å². The number of urea groups is 1. The van der Waals surface area contributed by atoms with Gasteiger partial charge in [0.1, 0.15) is 17.2 Å². The molecule has 11 nitrogen and oxygen atoms in total. The van der Waals surface area contributed by atoms with Gasteiger partial charge in [-0.25, -0.2) is 17.9 Å². The number of para-hydroxylation sites is 1. The lowest BCUT2D eigenvalue weighted by atomic mass is 9.87. The monoisotopic (exact) mass is 766 g/mol. The molecule has 1 saturated carbocycles. The summed E-state index contributed by atoms with van der Waals surface area (Å²) in [5.74, 6) is -0.421. The Kier molecular flexibility index (Phi) is 9.98. The molecule has 2 unspecified atom stereocenters. The minimum absolute atomic E-state index is 0.0245. The van der Waals surface area contributed by atoms with E-state index in [0.717, 1.165) is 31.2 Å². The van der Waals surface area contributed by atoms with Gasteiger partial charge in [-0.15, -0.1) is 13.2 Å². The molecule has 0 radical (unpaired) electrons. The highest BCUT2D eigenvalue weighted by Gasteiger charge is 2.44. The van der Waals surface area contributed by atoms with Crippen LogP contribution in [0.5, 0.6) is 5.75 Å². The number of anilines is 1. The zero-order valence-electron chi connectivity index (χ0n) is 30.0. The summed E-state index contributed by atoms with van der Waals surface area (Å²) in [5, 5.41) is 7.06. The third-order valence-electron chi connectivity index (χ3n) is 10.2. The number of hydrogen-bond acceptors (Lipinski definition) is 8. The van der Waals surface area contributed by atoms with Crippen molar-refractivity contribution in [3.05, 3.63) is 95.2 Å². The number of ether oxygens (including phenoxy) is 2. The number of fused-ring (bicyclic) bond motifs is 2. The van der Waals surface area contributed by atoms with Crippen molar-refractivity contribution in [1.29, 1.82) is 0 Å². The number of nitrogens with one attached hydrogen (secondary N) is 2. The van der Waals surface area contributed by atoms with Gasteiger partial charge in [0.05, 0.1) is 17.6 Å². The summed E-state index contributed by atoms with van der Waals surface area (Å²) >= 11 is 0. The summed E-state index contributed by atoms with van der Waals surface area (Å²) < 4.78 is 83.7. The van der Waals surface area contributed by atoms with Crippen LogP contribution in [0.1, 0.15) is 92.5 Å². The Morgan fingerprint density at radius 3 is 2.17 bits per heavy atom. The highest BCUT2D eigenvalue weighted by molar-refractivity contribution is 7.90. The van der Waals surface area contributed by atoms with Gasteiger partial charge in [0.25, 0.3) is 15.9 Å². The Balaban J connectivity index is 0.958. The van der Waals surface area contributed by atoms with Gasteiger partial charge in [-0.2, -0.15) is 0 Å². The number of rotatable bonds is 10. The average Bonchev–Trinajstić information content (AvgIpc) is 3.81. The standard InChI is InChI=1S/C39H41F3N4O7S/c1-38(2,3)25-12-18-30(19-13-25)54(49,50)45-36(47)24-10-14-26(15-11-24)43-37(48)46-27-16-17-28(46)21-29(20-27)51-22-32-34(44-53-35(32)23-8-9-23)31-6-4-5-7-33(31)52-39(40,41)42/h4-7,10-15,18-19,23,27-29H,8-9,16-17,20-22H2,1-3H3,(H,43,48)(H,45,47). The van der Waals surface area contributed by atoms with E-state index < -0.39 is 22.3 Å². The molecule has 3 heterocycles. The summed E-state index contributed by atoms with van der Waals surface area (Å²) in [7, 11) is -4.10. The molecule has 286 valence electrons. The quantitative estimate of drug-likeness (QED) is 0.164. The fraction of sp³-hybridized carbons (Fsp3) is 0.410. The van der Waals surface area contributed by atoms with Crippen molar-refractivity contribution in [3.8, 4) is 17.0 Å². The zero-order chi connectivity index (χ0) is 38.4. The van der Waals surface area contributed by atoms with E-state index in [4.69, 9.17) is 9.26 Å². The molecule has 2 saturated heterocycles. The zero-order valence-corrected chi connectivity index (χ0v) is 30.8. The Morgan fingerprint density at radius 2 is 1.56 bits per heavy atom. The van der Waals surface area contributed by atoms with Crippen LogP contribution in [0, 0.1) is 0 Å². The first-order chi connectivity index (χ1) is 25.6. The number of carbonyl (C=O) groups excluding carboxylic acids is 2. The number of piperidine rings is 1. The molecule has 3 aliphatic rings. The normalized spacial score (nSPS) is 20.1. The van der Waals surface area contributed by atoms with Crippen molar-refractivity contribution in [1.82, 2.24) is 14.8 Å². The Morgan fingerprint density at radius 1 is 0.907 bits per heavy atom. The van der Waals surface area contributed by atoms with E-state index in [9.17, 15) is 31.2 Å². The van der Waals surface area contributed by atoms with Gasteiger partial charge in [-0.05, 0) is 98.0 Å². The first-order valence-corrected chi connectivity index (χ1v) is 19.4. The Labute approximate surface area is 311 Å². The molecule has 15 heteroatoms. The second-order valence-corrected chi connectivity index (χ2v) is 16.8. The van der Waals surface area contributed by atoms with Crippen LogP contribution in [-0.4, -0.2) is 55.0 Å². The van der Waals surface area contributed by atoms with Crippen LogP contribution in [0.3, 0.4) is 0 Å². The van der Waals surface area contributed by atoms with Gasteiger partial charge in [0.15, 0.2) is 0 Å². The molecular weight excluding hydrogens is 726 g/mol. The van der Waals surface area contributed by atoms with Gasteiger partial charge in [-0.3, -0.25) is 4.79 Å². The SMILES string of the molecule is CC(C)(C)c1ccc(S(=O)(=O)NC(=O)c2ccc(NC(=O)N3C4CCC3CC(OCc3c(-c5ccccc5OC(F)(F)F)noc3C3CC3)C4)cc2)cc1. The summed E-state index contributed by atoms with van der Waals surface area (Å²) in [4.78, 5) is 28.1. The lowest BCUT2D eigenvalue weighted by molar-refractivity contribution is -0.274. The molecule has 3 fully saturated rings. The van der Waals surface area contributed by atoms with Crippen molar-refractivity contribution in [2.75, 3.05) is 5.32 Å². The van der Waals surface area contributed by atoms with Gasteiger partial charge >= 0.3 is 12.4 Å². The molecule has 2 N–H and O–H groups in total. The largest absolute Gasteiger partial charge is 0.573 e. The van der Waals surface area contributed by atoms with Crippen molar-refractivity contribution in [3.63, 3.8) is 0 Å². The van der Waals surface area contributed by atoms with Crippen molar-refractivity contribution >= 4 is 27.6 Å². The van der Waals surface area contributed by atoms with Crippen LogP contribution in [0.15, 0.2) is 82.2 Å². The maximum Gasteiger partial charge on any atom is 0.573 e. The van der Waals surface area contributed by atoms with Crippen LogP contribution in [0.25, 0.3) is 11.3 Å². The van der Waals surface area contributed by atoms with Crippen LogP contribution in [0.4, 0.5) is 23.7 Å². The fourth-order valence-electron chi connectivity index (χ4n) is 7.28. The number of benzene rings is 3. The molecule has 1 aromatic heterocycles.